The van der Waals surface area contributed by atoms with Gasteiger partial charge in [-0.1, -0.05) is 54.1 Å². The molecule has 0 bridgehead atoms. The smallest absolute Gasteiger partial charge is 0.0406 e. The van der Waals surface area contributed by atoms with E-state index in [9.17, 15) is 0 Å². The van der Waals surface area contributed by atoms with Gasteiger partial charge in [0, 0.05) is 5.02 Å². The maximum absolute atomic E-state index is 5.94. The standard InChI is InChI=1S/C17H20ClN/c1-19-12-11-16(15-5-3-2-4-6-15)13-14-7-9-17(18)10-8-14/h2-10,16,19H,11-13H2,1H3. The highest BCUT2D eigenvalue weighted by Gasteiger charge is 2.11. The fourth-order valence-electron chi connectivity index (χ4n) is 2.34. The van der Waals surface area contributed by atoms with E-state index in [1.165, 1.54) is 11.1 Å². The van der Waals surface area contributed by atoms with Crippen molar-refractivity contribution >= 4 is 11.6 Å². The van der Waals surface area contributed by atoms with Crippen LogP contribution in [0.5, 0.6) is 0 Å². The third-order valence-corrected chi connectivity index (χ3v) is 3.66. The molecule has 1 N–H and O–H groups in total. The highest BCUT2D eigenvalue weighted by molar-refractivity contribution is 6.30. The summed E-state index contributed by atoms with van der Waals surface area (Å²) < 4.78 is 0. The molecule has 0 aliphatic rings. The Morgan fingerprint density at radius 3 is 2.32 bits per heavy atom. The zero-order valence-electron chi connectivity index (χ0n) is 11.3. The lowest BCUT2D eigenvalue weighted by Crippen LogP contribution is -2.13. The summed E-state index contributed by atoms with van der Waals surface area (Å²) in [7, 11) is 2.00. The van der Waals surface area contributed by atoms with Crippen LogP contribution in [0.15, 0.2) is 54.6 Å². The first kappa shape index (κ1) is 14.1. The Morgan fingerprint density at radius 2 is 1.68 bits per heavy atom. The number of hydrogen-bond acceptors (Lipinski definition) is 1. The minimum Gasteiger partial charge on any atom is -0.320 e. The highest BCUT2D eigenvalue weighted by atomic mass is 35.5. The van der Waals surface area contributed by atoms with Gasteiger partial charge in [-0.05, 0) is 55.6 Å². The van der Waals surface area contributed by atoms with Crippen molar-refractivity contribution in [1.82, 2.24) is 5.32 Å². The van der Waals surface area contributed by atoms with Crippen LogP contribution in [0.4, 0.5) is 0 Å². The van der Waals surface area contributed by atoms with Crippen molar-refractivity contribution < 1.29 is 0 Å². The van der Waals surface area contributed by atoms with Gasteiger partial charge in [0.15, 0.2) is 0 Å². The van der Waals surface area contributed by atoms with Crippen molar-refractivity contribution in [3.63, 3.8) is 0 Å². The van der Waals surface area contributed by atoms with E-state index in [2.05, 4.69) is 47.8 Å². The molecule has 2 aromatic rings. The summed E-state index contributed by atoms with van der Waals surface area (Å²) in [4.78, 5) is 0. The Balaban J connectivity index is 2.11. The second-order valence-corrected chi connectivity index (χ2v) is 5.27. The van der Waals surface area contributed by atoms with E-state index >= 15 is 0 Å². The van der Waals surface area contributed by atoms with Crippen LogP contribution < -0.4 is 5.32 Å². The normalized spacial score (nSPS) is 12.3. The maximum Gasteiger partial charge on any atom is 0.0406 e. The predicted molar refractivity (Wildman–Crippen MR) is 82.9 cm³/mol. The fourth-order valence-corrected chi connectivity index (χ4v) is 2.46. The molecule has 0 radical (unpaired) electrons. The molecule has 0 amide bonds. The third-order valence-electron chi connectivity index (χ3n) is 3.41. The minimum atomic E-state index is 0.551. The average Bonchev–Trinajstić information content (AvgIpc) is 2.46. The second-order valence-electron chi connectivity index (χ2n) is 4.83. The van der Waals surface area contributed by atoms with E-state index in [1.54, 1.807) is 0 Å². The van der Waals surface area contributed by atoms with Gasteiger partial charge in [0.1, 0.15) is 0 Å². The van der Waals surface area contributed by atoms with Gasteiger partial charge >= 0.3 is 0 Å². The Labute approximate surface area is 120 Å². The molecule has 0 aliphatic heterocycles. The molecule has 0 saturated carbocycles. The Bertz CT molecular complexity index is 478. The SMILES string of the molecule is CNCCC(Cc1ccc(Cl)cc1)c1ccccc1. The number of benzene rings is 2. The molecule has 2 heteroatoms. The Morgan fingerprint density at radius 1 is 1.00 bits per heavy atom. The molecule has 0 aliphatic carbocycles. The molecule has 0 aromatic heterocycles. The molecule has 1 atom stereocenters. The second kappa shape index (κ2) is 7.32. The van der Waals surface area contributed by atoms with Crippen molar-refractivity contribution in [2.75, 3.05) is 13.6 Å². The number of halogens is 1. The molecule has 2 rings (SSSR count). The zero-order chi connectivity index (χ0) is 13.5. The van der Waals surface area contributed by atoms with Crippen molar-refractivity contribution in [3.8, 4) is 0 Å². The van der Waals surface area contributed by atoms with Crippen LogP contribution in [-0.4, -0.2) is 13.6 Å². The molecule has 0 fully saturated rings. The topological polar surface area (TPSA) is 12.0 Å². The van der Waals surface area contributed by atoms with Gasteiger partial charge in [0.25, 0.3) is 0 Å². The van der Waals surface area contributed by atoms with Gasteiger partial charge in [0.2, 0.25) is 0 Å². The van der Waals surface area contributed by atoms with Crippen LogP contribution >= 0.6 is 11.6 Å². The number of nitrogens with one attached hydrogen (secondary N) is 1. The Kier molecular flexibility index (Phi) is 5.44. The van der Waals surface area contributed by atoms with Crippen molar-refractivity contribution in [3.05, 3.63) is 70.7 Å². The van der Waals surface area contributed by atoms with Gasteiger partial charge in [0.05, 0.1) is 0 Å². The van der Waals surface area contributed by atoms with Gasteiger partial charge in [-0.25, -0.2) is 0 Å². The van der Waals surface area contributed by atoms with E-state index in [0.717, 1.165) is 24.4 Å². The first-order valence-corrected chi connectivity index (χ1v) is 7.11. The van der Waals surface area contributed by atoms with E-state index in [-0.39, 0.29) is 0 Å². The largest absolute Gasteiger partial charge is 0.320 e. The quantitative estimate of drug-likeness (QED) is 0.829. The van der Waals surface area contributed by atoms with Gasteiger partial charge in [-0.3, -0.25) is 0 Å². The van der Waals surface area contributed by atoms with Crippen molar-refractivity contribution in [1.29, 1.82) is 0 Å². The lowest BCUT2D eigenvalue weighted by atomic mass is 9.89. The lowest BCUT2D eigenvalue weighted by molar-refractivity contribution is 0.593. The van der Waals surface area contributed by atoms with Crippen LogP contribution in [0.1, 0.15) is 23.5 Å². The number of hydrogen-bond donors (Lipinski definition) is 1. The van der Waals surface area contributed by atoms with Gasteiger partial charge in [-0.15, -0.1) is 0 Å². The van der Waals surface area contributed by atoms with E-state index in [0.29, 0.717) is 5.92 Å². The molecule has 19 heavy (non-hydrogen) atoms. The first-order chi connectivity index (χ1) is 9.29. The van der Waals surface area contributed by atoms with Crippen LogP contribution in [0.3, 0.4) is 0 Å². The lowest BCUT2D eigenvalue weighted by Gasteiger charge is -2.17. The van der Waals surface area contributed by atoms with E-state index in [1.807, 2.05) is 19.2 Å². The van der Waals surface area contributed by atoms with Gasteiger partial charge in [-0.2, -0.15) is 0 Å². The fraction of sp³-hybridized carbons (Fsp3) is 0.294. The molecule has 0 heterocycles. The zero-order valence-corrected chi connectivity index (χ0v) is 12.0. The minimum absolute atomic E-state index is 0.551. The molecule has 100 valence electrons. The Hall–Kier alpha value is -1.31. The summed E-state index contributed by atoms with van der Waals surface area (Å²) in [6.07, 6.45) is 2.20. The van der Waals surface area contributed by atoms with Crippen molar-refractivity contribution in [2.45, 2.75) is 18.8 Å². The summed E-state index contributed by atoms with van der Waals surface area (Å²) in [5, 5.41) is 4.04. The average molecular weight is 274 g/mol. The summed E-state index contributed by atoms with van der Waals surface area (Å²) >= 11 is 5.94. The maximum atomic E-state index is 5.94. The molecular formula is C17H20ClN. The molecule has 1 nitrogen and oxygen atoms in total. The summed E-state index contributed by atoms with van der Waals surface area (Å²) in [5.41, 5.74) is 2.75. The van der Waals surface area contributed by atoms with Crippen molar-refractivity contribution in [2.24, 2.45) is 0 Å². The predicted octanol–water partition coefficient (Wildman–Crippen LogP) is 4.28. The molecule has 0 saturated heterocycles. The summed E-state index contributed by atoms with van der Waals surface area (Å²) in [5.74, 6) is 0.551. The monoisotopic (exact) mass is 273 g/mol. The summed E-state index contributed by atoms with van der Waals surface area (Å²) in [6, 6.07) is 18.9. The van der Waals surface area contributed by atoms with Gasteiger partial charge < -0.3 is 5.32 Å². The molecular weight excluding hydrogens is 254 g/mol. The molecule has 0 spiro atoms. The third kappa shape index (κ3) is 4.38. The number of rotatable bonds is 6. The molecule has 1 unspecified atom stereocenters. The van der Waals surface area contributed by atoms with Crippen LogP contribution in [0.25, 0.3) is 0 Å². The van der Waals surface area contributed by atoms with Crippen LogP contribution in [-0.2, 0) is 6.42 Å². The van der Waals surface area contributed by atoms with E-state index < -0.39 is 0 Å². The van der Waals surface area contributed by atoms with Crippen LogP contribution in [0, 0.1) is 0 Å². The summed E-state index contributed by atoms with van der Waals surface area (Å²) in [6.45, 7) is 1.03. The van der Waals surface area contributed by atoms with Crippen LogP contribution in [0.2, 0.25) is 5.02 Å². The molecule has 2 aromatic carbocycles. The highest BCUT2D eigenvalue weighted by Crippen LogP contribution is 2.24. The first-order valence-electron chi connectivity index (χ1n) is 6.73. The van der Waals surface area contributed by atoms with E-state index in [4.69, 9.17) is 11.6 Å².